The first-order chi connectivity index (χ1) is 9.10. The molecule has 1 N–H and O–H groups in total. The fourth-order valence-electron chi connectivity index (χ4n) is 1.99. The first-order valence-electron chi connectivity index (χ1n) is 6.32. The van der Waals surface area contributed by atoms with Gasteiger partial charge in [-0.1, -0.05) is 47.5 Å². The van der Waals surface area contributed by atoms with Crippen molar-refractivity contribution >= 4 is 23.2 Å². The quantitative estimate of drug-likeness (QED) is 0.853. The van der Waals surface area contributed by atoms with Crippen LogP contribution in [0.15, 0.2) is 42.5 Å². The van der Waals surface area contributed by atoms with Crippen molar-refractivity contribution in [1.82, 2.24) is 5.32 Å². The molecule has 0 saturated carbocycles. The highest BCUT2D eigenvalue weighted by Gasteiger charge is 2.05. The Morgan fingerprint density at radius 1 is 1.05 bits per heavy atom. The van der Waals surface area contributed by atoms with Gasteiger partial charge in [-0.3, -0.25) is 0 Å². The third-order valence-electron chi connectivity index (χ3n) is 3.23. The Bertz CT molecular complexity index is 549. The van der Waals surface area contributed by atoms with Gasteiger partial charge in [0.05, 0.1) is 0 Å². The van der Waals surface area contributed by atoms with Crippen molar-refractivity contribution in [3.05, 3.63) is 58.1 Å². The van der Waals surface area contributed by atoms with Gasteiger partial charge >= 0.3 is 0 Å². The Labute approximate surface area is 124 Å². The topological polar surface area (TPSA) is 12.0 Å². The van der Waals surface area contributed by atoms with Crippen LogP contribution in [0.2, 0.25) is 10.0 Å². The van der Waals surface area contributed by atoms with E-state index in [0.29, 0.717) is 11.1 Å². The van der Waals surface area contributed by atoms with Crippen molar-refractivity contribution in [1.29, 1.82) is 0 Å². The molecule has 0 bridgehead atoms. The highest BCUT2D eigenvalue weighted by molar-refractivity contribution is 6.35. The Balaban J connectivity index is 2.25. The Morgan fingerprint density at radius 2 is 1.74 bits per heavy atom. The number of likely N-dealkylation sites (N-methyl/N-ethyl adjacent to an activating group) is 1. The Hall–Kier alpha value is -1.02. The van der Waals surface area contributed by atoms with Crippen LogP contribution >= 0.6 is 23.2 Å². The summed E-state index contributed by atoms with van der Waals surface area (Å²) in [6, 6.07) is 14.5. The van der Waals surface area contributed by atoms with E-state index in [0.717, 1.165) is 22.6 Å². The van der Waals surface area contributed by atoms with Gasteiger partial charge < -0.3 is 5.32 Å². The molecule has 0 amide bonds. The Morgan fingerprint density at radius 3 is 2.37 bits per heavy atom. The predicted octanol–water partition coefficient (Wildman–Crippen LogP) is 4.81. The largest absolute Gasteiger partial charge is 0.317 e. The van der Waals surface area contributed by atoms with Crippen LogP contribution in [0.3, 0.4) is 0 Å². The molecule has 1 atom stereocenters. The van der Waals surface area contributed by atoms with Crippen LogP contribution in [0.1, 0.15) is 12.5 Å². The molecule has 19 heavy (non-hydrogen) atoms. The van der Waals surface area contributed by atoms with Crippen molar-refractivity contribution in [2.75, 3.05) is 7.05 Å². The van der Waals surface area contributed by atoms with Gasteiger partial charge in [0, 0.05) is 21.7 Å². The number of rotatable bonds is 4. The van der Waals surface area contributed by atoms with E-state index >= 15 is 0 Å². The number of hydrogen-bond acceptors (Lipinski definition) is 1. The molecule has 0 aliphatic heterocycles. The van der Waals surface area contributed by atoms with Crippen molar-refractivity contribution in [3.63, 3.8) is 0 Å². The normalized spacial score (nSPS) is 12.4. The summed E-state index contributed by atoms with van der Waals surface area (Å²) in [6.07, 6.45) is 1.01. The van der Waals surface area contributed by atoms with Crippen LogP contribution in [0.25, 0.3) is 11.1 Å². The van der Waals surface area contributed by atoms with Gasteiger partial charge in [-0.25, -0.2) is 0 Å². The minimum atomic E-state index is 0.473. The second-order valence-electron chi connectivity index (χ2n) is 4.71. The summed E-state index contributed by atoms with van der Waals surface area (Å²) in [5, 5.41) is 4.66. The van der Waals surface area contributed by atoms with E-state index < -0.39 is 0 Å². The van der Waals surface area contributed by atoms with Crippen LogP contribution in [-0.2, 0) is 6.42 Å². The first kappa shape index (κ1) is 14.4. The maximum atomic E-state index is 6.21. The molecule has 0 saturated heterocycles. The van der Waals surface area contributed by atoms with Crippen molar-refractivity contribution in [3.8, 4) is 11.1 Å². The summed E-state index contributed by atoms with van der Waals surface area (Å²) >= 11 is 12.2. The maximum absolute atomic E-state index is 6.21. The molecule has 0 spiro atoms. The van der Waals surface area contributed by atoms with E-state index in [2.05, 4.69) is 36.5 Å². The van der Waals surface area contributed by atoms with E-state index in [1.807, 2.05) is 19.2 Å². The lowest BCUT2D eigenvalue weighted by Crippen LogP contribution is -2.23. The molecule has 2 aromatic rings. The summed E-state index contributed by atoms with van der Waals surface area (Å²) in [6.45, 7) is 2.17. The van der Waals surface area contributed by atoms with Crippen LogP contribution in [0.5, 0.6) is 0 Å². The fraction of sp³-hybridized carbons (Fsp3) is 0.250. The molecular formula is C16H17Cl2N. The lowest BCUT2D eigenvalue weighted by Gasteiger charge is -2.11. The van der Waals surface area contributed by atoms with Gasteiger partial charge in [0.1, 0.15) is 0 Å². The van der Waals surface area contributed by atoms with Gasteiger partial charge in [-0.15, -0.1) is 0 Å². The monoisotopic (exact) mass is 293 g/mol. The molecule has 0 aromatic heterocycles. The van der Waals surface area contributed by atoms with E-state index in [1.165, 1.54) is 5.56 Å². The molecule has 0 radical (unpaired) electrons. The lowest BCUT2D eigenvalue weighted by atomic mass is 10.0. The molecule has 0 aliphatic rings. The SMILES string of the molecule is CNC(C)Cc1ccc(-c2cc(Cl)ccc2Cl)cc1. The average molecular weight is 294 g/mol. The average Bonchev–Trinajstić information content (AvgIpc) is 2.42. The summed E-state index contributed by atoms with van der Waals surface area (Å²) in [5.41, 5.74) is 3.37. The van der Waals surface area contributed by atoms with Crippen molar-refractivity contribution < 1.29 is 0 Å². The second-order valence-corrected chi connectivity index (χ2v) is 5.56. The molecule has 1 nitrogen and oxygen atoms in total. The molecule has 2 aromatic carbocycles. The van der Waals surface area contributed by atoms with Crippen LogP contribution in [0.4, 0.5) is 0 Å². The minimum Gasteiger partial charge on any atom is -0.317 e. The third-order valence-corrected chi connectivity index (χ3v) is 3.79. The molecule has 0 heterocycles. The van der Waals surface area contributed by atoms with Crippen LogP contribution in [-0.4, -0.2) is 13.1 Å². The van der Waals surface area contributed by atoms with Crippen LogP contribution in [0, 0.1) is 0 Å². The van der Waals surface area contributed by atoms with Gasteiger partial charge in [-0.05, 0) is 49.7 Å². The first-order valence-corrected chi connectivity index (χ1v) is 7.07. The van der Waals surface area contributed by atoms with Gasteiger partial charge in [0.2, 0.25) is 0 Å². The summed E-state index contributed by atoms with van der Waals surface area (Å²) in [7, 11) is 1.98. The molecule has 2 rings (SSSR count). The lowest BCUT2D eigenvalue weighted by molar-refractivity contribution is 0.608. The second kappa shape index (κ2) is 6.42. The van der Waals surface area contributed by atoms with E-state index in [-0.39, 0.29) is 0 Å². The zero-order valence-corrected chi connectivity index (χ0v) is 12.6. The van der Waals surface area contributed by atoms with E-state index in [1.54, 1.807) is 6.07 Å². The molecule has 0 aliphatic carbocycles. The molecule has 100 valence electrons. The molecule has 0 fully saturated rings. The number of hydrogen-bond donors (Lipinski definition) is 1. The number of benzene rings is 2. The van der Waals surface area contributed by atoms with Gasteiger partial charge in [-0.2, -0.15) is 0 Å². The molecule has 3 heteroatoms. The van der Waals surface area contributed by atoms with Crippen molar-refractivity contribution in [2.24, 2.45) is 0 Å². The van der Waals surface area contributed by atoms with Gasteiger partial charge in [0.15, 0.2) is 0 Å². The predicted molar refractivity (Wildman–Crippen MR) is 84.1 cm³/mol. The van der Waals surface area contributed by atoms with E-state index in [9.17, 15) is 0 Å². The Kier molecular flexibility index (Phi) is 4.87. The standard InChI is InChI=1S/C16H17Cl2N/c1-11(19-2)9-12-3-5-13(6-4-12)15-10-14(17)7-8-16(15)18/h3-8,10-11,19H,9H2,1-2H3. The molecule has 1 unspecified atom stereocenters. The number of nitrogens with one attached hydrogen (secondary N) is 1. The highest BCUT2D eigenvalue weighted by atomic mass is 35.5. The van der Waals surface area contributed by atoms with E-state index in [4.69, 9.17) is 23.2 Å². The summed E-state index contributed by atoms with van der Waals surface area (Å²) in [4.78, 5) is 0. The van der Waals surface area contributed by atoms with Crippen LogP contribution < -0.4 is 5.32 Å². The minimum absolute atomic E-state index is 0.473. The maximum Gasteiger partial charge on any atom is 0.0485 e. The molecular weight excluding hydrogens is 277 g/mol. The summed E-state index contributed by atoms with van der Waals surface area (Å²) in [5.74, 6) is 0. The summed E-state index contributed by atoms with van der Waals surface area (Å²) < 4.78 is 0. The zero-order chi connectivity index (χ0) is 13.8. The van der Waals surface area contributed by atoms with Gasteiger partial charge in [0.25, 0.3) is 0 Å². The zero-order valence-electron chi connectivity index (χ0n) is 11.1. The third kappa shape index (κ3) is 3.73. The fourth-order valence-corrected chi connectivity index (χ4v) is 2.39. The smallest absolute Gasteiger partial charge is 0.0485 e. The van der Waals surface area contributed by atoms with Crippen molar-refractivity contribution in [2.45, 2.75) is 19.4 Å². The highest BCUT2D eigenvalue weighted by Crippen LogP contribution is 2.30. The number of halogens is 2.